The first-order valence-electron chi connectivity index (χ1n) is 7.40. The Balaban J connectivity index is 2.16. The molecule has 5 nitrogen and oxygen atoms in total. The molecule has 0 bridgehead atoms. The molecule has 1 aromatic rings. The number of amides is 2. The fourth-order valence-electron chi connectivity index (χ4n) is 2.31. The van der Waals surface area contributed by atoms with Crippen LogP contribution in [0.4, 0.5) is 10.5 Å². The minimum atomic E-state index is -0.136. The van der Waals surface area contributed by atoms with E-state index in [1.54, 1.807) is 7.05 Å². The lowest BCUT2D eigenvalue weighted by molar-refractivity contribution is -0.0410. The molecule has 0 N–H and O–H groups in total. The molecule has 1 aliphatic heterocycles. The fourth-order valence-corrected chi connectivity index (χ4v) is 2.31. The second kappa shape index (κ2) is 6.52. The highest BCUT2D eigenvalue weighted by Gasteiger charge is 2.31. The number of nitrogens with zero attached hydrogens (tertiary/aromatic N) is 3. The Morgan fingerprint density at radius 1 is 1.14 bits per heavy atom. The topological polar surface area (TPSA) is 36.0 Å². The van der Waals surface area contributed by atoms with Gasteiger partial charge in [-0.05, 0) is 38.5 Å². The Bertz CT molecular complexity index is 521. The van der Waals surface area contributed by atoms with E-state index in [0.717, 1.165) is 18.7 Å². The maximum Gasteiger partial charge on any atom is 0.359 e. The first kappa shape index (κ1) is 15.2. The first-order chi connectivity index (χ1) is 10.1. The third-order valence-corrected chi connectivity index (χ3v) is 3.63. The summed E-state index contributed by atoms with van der Waals surface area (Å²) in [7, 11) is 1.72. The predicted molar refractivity (Wildman–Crippen MR) is 84.6 cm³/mol. The molecule has 0 saturated carbocycles. The Kier molecular flexibility index (Phi) is 4.73. The van der Waals surface area contributed by atoms with Gasteiger partial charge in [0, 0.05) is 31.9 Å². The summed E-state index contributed by atoms with van der Waals surface area (Å²) < 4.78 is 0. The third-order valence-electron chi connectivity index (χ3n) is 3.63. The van der Waals surface area contributed by atoms with Crippen molar-refractivity contribution >= 4 is 17.8 Å². The SMILES string of the molecule is CCN1O/C(=C\c2ccc(N(CC)CC)cc2)N(C)C1=O. The lowest BCUT2D eigenvalue weighted by Crippen LogP contribution is -2.28. The van der Waals surface area contributed by atoms with Crippen LogP contribution in [0.15, 0.2) is 30.1 Å². The van der Waals surface area contributed by atoms with Crippen LogP contribution in [-0.4, -0.2) is 42.7 Å². The largest absolute Gasteiger partial charge is 0.372 e. The maximum absolute atomic E-state index is 11.8. The van der Waals surface area contributed by atoms with Crippen molar-refractivity contribution in [3.05, 3.63) is 35.7 Å². The smallest absolute Gasteiger partial charge is 0.359 e. The van der Waals surface area contributed by atoms with Gasteiger partial charge in [0.1, 0.15) is 0 Å². The molecule has 0 spiro atoms. The van der Waals surface area contributed by atoms with Crippen LogP contribution in [0.5, 0.6) is 0 Å². The molecule has 2 amide bonds. The number of anilines is 1. The molecule has 0 unspecified atom stereocenters. The van der Waals surface area contributed by atoms with E-state index in [4.69, 9.17) is 4.84 Å². The van der Waals surface area contributed by atoms with Crippen LogP contribution in [0.2, 0.25) is 0 Å². The summed E-state index contributed by atoms with van der Waals surface area (Å²) in [5, 5.41) is 1.34. The van der Waals surface area contributed by atoms with Crippen molar-refractivity contribution in [1.29, 1.82) is 0 Å². The Morgan fingerprint density at radius 3 is 2.24 bits per heavy atom. The van der Waals surface area contributed by atoms with Crippen molar-refractivity contribution in [1.82, 2.24) is 9.96 Å². The summed E-state index contributed by atoms with van der Waals surface area (Å²) in [6, 6.07) is 8.12. The van der Waals surface area contributed by atoms with Crippen LogP contribution >= 0.6 is 0 Å². The van der Waals surface area contributed by atoms with Crippen molar-refractivity contribution in [2.75, 3.05) is 31.6 Å². The van der Waals surface area contributed by atoms with Gasteiger partial charge >= 0.3 is 6.03 Å². The molecular formula is C16H23N3O2. The molecule has 0 atom stereocenters. The minimum Gasteiger partial charge on any atom is -0.372 e. The van der Waals surface area contributed by atoms with Gasteiger partial charge in [-0.1, -0.05) is 12.1 Å². The highest BCUT2D eigenvalue weighted by atomic mass is 16.7. The number of rotatable bonds is 5. The summed E-state index contributed by atoms with van der Waals surface area (Å²) in [5.41, 5.74) is 2.22. The second-order valence-corrected chi connectivity index (χ2v) is 4.87. The summed E-state index contributed by atoms with van der Waals surface area (Å²) >= 11 is 0. The van der Waals surface area contributed by atoms with Crippen LogP contribution in [0, 0.1) is 0 Å². The summed E-state index contributed by atoms with van der Waals surface area (Å²) in [6.45, 7) is 8.68. The highest BCUT2D eigenvalue weighted by molar-refractivity contribution is 5.78. The average molecular weight is 289 g/mol. The molecule has 0 aliphatic carbocycles. The van der Waals surface area contributed by atoms with E-state index in [0.29, 0.717) is 12.4 Å². The van der Waals surface area contributed by atoms with Gasteiger partial charge in [-0.15, -0.1) is 0 Å². The van der Waals surface area contributed by atoms with Gasteiger partial charge in [0.25, 0.3) is 0 Å². The number of carbonyl (C=O) groups is 1. The Labute approximate surface area is 126 Å². The van der Waals surface area contributed by atoms with Gasteiger partial charge in [-0.2, -0.15) is 5.06 Å². The number of benzene rings is 1. The lowest BCUT2D eigenvalue weighted by Gasteiger charge is -2.20. The van der Waals surface area contributed by atoms with Crippen molar-refractivity contribution in [2.24, 2.45) is 0 Å². The highest BCUT2D eigenvalue weighted by Crippen LogP contribution is 2.22. The van der Waals surface area contributed by atoms with Gasteiger partial charge in [-0.3, -0.25) is 4.90 Å². The number of hydroxylamine groups is 2. The van der Waals surface area contributed by atoms with Crippen LogP contribution in [0.3, 0.4) is 0 Å². The molecule has 5 heteroatoms. The van der Waals surface area contributed by atoms with E-state index in [-0.39, 0.29) is 6.03 Å². The number of hydrogen-bond donors (Lipinski definition) is 0. The molecular weight excluding hydrogens is 266 g/mol. The monoisotopic (exact) mass is 289 g/mol. The summed E-state index contributed by atoms with van der Waals surface area (Å²) in [5.74, 6) is 0.553. The molecule has 1 fully saturated rings. The van der Waals surface area contributed by atoms with Gasteiger partial charge in [-0.25, -0.2) is 4.79 Å². The number of urea groups is 1. The standard InChI is InChI=1S/C16H23N3O2/c1-5-18(6-2)14-10-8-13(9-11-14)12-15-17(4)16(20)19(7-3)21-15/h8-12H,5-7H2,1-4H3/b15-12-. The predicted octanol–water partition coefficient (Wildman–Crippen LogP) is 3.15. The zero-order valence-corrected chi connectivity index (χ0v) is 13.2. The van der Waals surface area contributed by atoms with Gasteiger partial charge in [0.15, 0.2) is 0 Å². The van der Waals surface area contributed by atoms with Gasteiger partial charge in [0.2, 0.25) is 5.88 Å². The molecule has 21 heavy (non-hydrogen) atoms. The average Bonchev–Trinajstić information content (AvgIpc) is 2.78. The number of hydrogen-bond acceptors (Lipinski definition) is 3. The van der Waals surface area contributed by atoms with E-state index in [1.807, 2.05) is 25.1 Å². The molecule has 0 radical (unpaired) electrons. The van der Waals surface area contributed by atoms with Crippen LogP contribution < -0.4 is 4.90 Å². The van der Waals surface area contributed by atoms with E-state index in [9.17, 15) is 4.79 Å². The van der Waals surface area contributed by atoms with Gasteiger partial charge in [0.05, 0.1) is 6.54 Å². The second-order valence-electron chi connectivity index (χ2n) is 4.87. The van der Waals surface area contributed by atoms with Crippen LogP contribution in [-0.2, 0) is 4.84 Å². The van der Waals surface area contributed by atoms with E-state index < -0.39 is 0 Å². The van der Waals surface area contributed by atoms with Crippen LogP contribution in [0.25, 0.3) is 6.08 Å². The summed E-state index contributed by atoms with van der Waals surface area (Å²) in [6.07, 6.45) is 1.87. The molecule has 114 valence electrons. The van der Waals surface area contributed by atoms with Crippen molar-refractivity contribution < 1.29 is 9.63 Å². The van der Waals surface area contributed by atoms with Crippen molar-refractivity contribution in [2.45, 2.75) is 20.8 Å². The lowest BCUT2D eigenvalue weighted by atomic mass is 10.2. The quantitative estimate of drug-likeness (QED) is 0.835. The zero-order valence-electron chi connectivity index (χ0n) is 13.2. The Morgan fingerprint density at radius 2 is 1.76 bits per heavy atom. The third kappa shape index (κ3) is 3.12. The van der Waals surface area contributed by atoms with E-state index in [2.05, 4.69) is 30.9 Å². The maximum atomic E-state index is 11.8. The normalized spacial score (nSPS) is 16.6. The zero-order chi connectivity index (χ0) is 15.4. The van der Waals surface area contributed by atoms with E-state index >= 15 is 0 Å². The first-order valence-corrected chi connectivity index (χ1v) is 7.40. The summed E-state index contributed by atoms with van der Waals surface area (Å²) in [4.78, 5) is 21.2. The van der Waals surface area contributed by atoms with Crippen LogP contribution in [0.1, 0.15) is 26.3 Å². The van der Waals surface area contributed by atoms with E-state index in [1.165, 1.54) is 15.7 Å². The number of carbonyl (C=O) groups excluding carboxylic acids is 1. The molecule has 2 rings (SSSR count). The van der Waals surface area contributed by atoms with Crippen molar-refractivity contribution in [3.63, 3.8) is 0 Å². The fraction of sp³-hybridized carbons (Fsp3) is 0.438. The molecule has 0 aromatic heterocycles. The molecule has 1 aliphatic rings. The molecule has 1 heterocycles. The molecule has 1 saturated heterocycles. The molecule has 1 aromatic carbocycles. The van der Waals surface area contributed by atoms with Crippen molar-refractivity contribution in [3.8, 4) is 0 Å². The van der Waals surface area contributed by atoms with Gasteiger partial charge < -0.3 is 9.74 Å². The Hall–Kier alpha value is -2.17. The minimum absolute atomic E-state index is 0.136.